The number of rotatable bonds is 8. The fraction of sp³-hybridized carbons (Fsp3) is 0.286. The van der Waals surface area contributed by atoms with E-state index >= 15 is 0 Å². The Hall–Kier alpha value is -2.96. The van der Waals surface area contributed by atoms with Gasteiger partial charge in [0.25, 0.3) is 0 Å². The molecular weight excluding hydrogens is 576 g/mol. The Kier molecular flexibility index (Phi) is 8.35. The van der Waals surface area contributed by atoms with Gasteiger partial charge in [0.05, 0.1) is 16.8 Å². The van der Waals surface area contributed by atoms with Crippen LogP contribution < -0.4 is 5.06 Å². The maximum Gasteiger partial charge on any atom is 0.525 e. The number of halogens is 6. The van der Waals surface area contributed by atoms with Crippen molar-refractivity contribution in [3.63, 3.8) is 0 Å². The second kappa shape index (κ2) is 11.1. The van der Waals surface area contributed by atoms with Gasteiger partial charge in [-0.25, -0.2) is 5.06 Å². The molecule has 0 atom stereocenters. The molecule has 0 bridgehead atoms. The molecule has 40 heavy (non-hydrogen) atoms. The van der Waals surface area contributed by atoms with E-state index in [4.69, 9.17) is 0 Å². The van der Waals surface area contributed by atoms with E-state index in [9.17, 15) is 34.8 Å². The molecule has 12 heteroatoms. The number of hydroxylamine groups is 1. The molecule has 0 saturated carbocycles. The standard InChI is InChI=1S/C28H25F6NO3S2/c1-26(2)17-21(18-39-15-14-19-8-4-3-5-9-19)23-16-20(22-10-6-7-11-24(22)27(29,30)31)12-13-25(23)35(26)38-40(36,37)28(32,33)34/h3-13,16-17H,14-15,18H2,1-2H3. The summed E-state index contributed by atoms with van der Waals surface area (Å²) >= 11 is 1.54. The molecule has 0 aromatic heterocycles. The van der Waals surface area contributed by atoms with E-state index in [1.54, 1.807) is 17.8 Å². The van der Waals surface area contributed by atoms with Crippen molar-refractivity contribution in [1.29, 1.82) is 0 Å². The monoisotopic (exact) mass is 601 g/mol. The molecule has 0 unspecified atom stereocenters. The van der Waals surface area contributed by atoms with E-state index in [-0.39, 0.29) is 22.4 Å². The minimum absolute atomic E-state index is 0.00720. The summed E-state index contributed by atoms with van der Waals surface area (Å²) in [6.07, 6.45) is -2.31. The summed E-state index contributed by atoms with van der Waals surface area (Å²) in [4.78, 5) is 0. The highest BCUT2D eigenvalue weighted by atomic mass is 32.2. The van der Waals surface area contributed by atoms with Crippen LogP contribution in [0.5, 0.6) is 0 Å². The molecule has 3 aromatic carbocycles. The van der Waals surface area contributed by atoms with E-state index in [2.05, 4.69) is 4.28 Å². The van der Waals surface area contributed by atoms with Crippen LogP contribution in [0, 0.1) is 0 Å². The van der Waals surface area contributed by atoms with Crippen LogP contribution in [0.25, 0.3) is 16.7 Å². The number of anilines is 1. The average molecular weight is 602 g/mol. The van der Waals surface area contributed by atoms with Crippen molar-refractivity contribution in [1.82, 2.24) is 0 Å². The van der Waals surface area contributed by atoms with Crippen LogP contribution in [0.4, 0.5) is 32.0 Å². The van der Waals surface area contributed by atoms with E-state index in [0.717, 1.165) is 18.1 Å². The highest BCUT2D eigenvalue weighted by Crippen LogP contribution is 2.45. The van der Waals surface area contributed by atoms with Crippen molar-refractivity contribution in [3.05, 3.63) is 95.6 Å². The molecule has 1 aliphatic rings. The zero-order chi connectivity index (χ0) is 29.3. The fourth-order valence-electron chi connectivity index (χ4n) is 4.41. The van der Waals surface area contributed by atoms with Gasteiger partial charge in [-0.05, 0) is 66.5 Å². The summed E-state index contributed by atoms with van der Waals surface area (Å²) in [5.41, 5.74) is -5.81. The third-order valence-electron chi connectivity index (χ3n) is 6.25. The van der Waals surface area contributed by atoms with E-state index < -0.39 is 32.9 Å². The topological polar surface area (TPSA) is 46.6 Å². The van der Waals surface area contributed by atoms with Crippen molar-refractivity contribution in [3.8, 4) is 11.1 Å². The molecule has 0 saturated heterocycles. The minimum Gasteiger partial charge on any atom is -0.226 e. The molecule has 0 fully saturated rings. The lowest BCUT2D eigenvalue weighted by molar-refractivity contribution is -0.137. The Bertz CT molecular complexity index is 1500. The maximum atomic E-state index is 13.7. The third-order valence-corrected chi connectivity index (χ3v) is 8.17. The number of nitrogens with zero attached hydrogens (tertiary/aromatic N) is 1. The molecule has 0 aliphatic carbocycles. The van der Waals surface area contributed by atoms with Gasteiger partial charge >= 0.3 is 21.8 Å². The highest BCUT2D eigenvalue weighted by Gasteiger charge is 2.51. The SMILES string of the molecule is CC1(C)C=C(CSCCc2ccccc2)c2cc(-c3ccccc3C(F)(F)F)ccc2N1OS(=O)(=O)C(F)(F)F. The van der Waals surface area contributed by atoms with Crippen molar-refractivity contribution in [2.75, 3.05) is 16.6 Å². The molecule has 3 aromatic rings. The molecule has 0 N–H and O–H groups in total. The predicted octanol–water partition coefficient (Wildman–Crippen LogP) is 8.11. The van der Waals surface area contributed by atoms with Crippen LogP contribution >= 0.6 is 11.8 Å². The summed E-state index contributed by atoms with van der Waals surface area (Å²) < 4.78 is 109. The first-order chi connectivity index (χ1) is 18.6. The van der Waals surface area contributed by atoms with Crippen LogP contribution in [-0.2, 0) is 27.0 Å². The highest BCUT2D eigenvalue weighted by molar-refractivity contribution is 7.99. The van der Waals surface area contributed by atoms with Crippen molar-refractivity contribution in [2.24, 2.45) is 0 Å². The smallest absolute Gasteiger partial charge is 0.226 e. The quantitative estimate of drug-likeness (QED) is 0.148. The van der Waals surface area contributed by atoms with Crippen molar-refractivity contribution >= 4 is 33.1 Å². The number of aryl methyl sites for hydroxylation is 1. The normalized spacial score (nSPS) is 15.5. The van der Waals surface area contributed by atoms with Gasteiger partial charge in [-0.1, -0.05) is 60.7 Å². The number of alkyl halides is 6. The number of fused-ring (bicyclic) bond motifs is 1. The Morgan fingerprint density at radius 2 is 1.52 bits per heavy atom. The first-order valence-electron chi connectivity index (χ1n) is 12.1. The zero-order valence-corrected chi connectivity index (χ0v) is 23.0. The van der Waals surface area contributed by atoms with E-state index in [1.165, 1.54) is 50.2 Å². The minimum atomic E-state index is -6.03. The Balaban J connectivity index is 1.75. The zero-order valence-electron chi connectivity index (χ0n) is 21.4. The van der Waals surface area contributed by atoms with Crippen molar-refractivity contribution in [2.45, 2.75) is 37.5 Å². The Morgan fingerprint density at radius 1 is 0.875 bits per heavy atom. The van der Waals surface area contributed by atoms with E-state index in [1.807, 2.05) is 30.3 Å². The van der Waals surface area contributed by atoms with Crippen LogP contribution in [0.3, 0.4) is 0 Å². The van der Waals surface area contributed by atoms with Crippen LogP contribution in [0.1, 0.15) is 30.5 Å². The molecule has 0 spiro atoms. The van der Waals surface area contributed by atoms with Gasteiger partial charge in [-0.15, -0.1) is 4.28 Å². The van der Waals surface area contributed by atoms with Gasteiger partial charge in [-0.2, -0.15) is 46.5 Å². The molecule has 4 rings (SSSR count). The van der Waals surface area contributed by atoms with Crippen LogP contribution in [0.15, 0.2) is 78.9 Å². The first kappa shape index (κ1) is 30.0. The van der Waals surface area contributed by atoms with Crippen LogP contribution in [0.2, 0.25) is 0 Å². The number of thioether (sulfide) groups is 1. The summed E-state index contributed by atoms with van der Waals surface area (Å²) in [6, 6.07) is 18.7. The molecular formula is C28H25F6NO3S2. The number of hydrogen-bond donors (Lipinski definition) is 0. The lowest BCUT2D eigenvalue weighted by Gasteiger charge is -2.41. The largest absolute Gasteiger partial charge is 0.525 e. The molecule has 1 heterocycles. The van der Waals surface area contributed by atoms with Gasteiger partial charge in [-0.3, -0.25) is 0 Å². The Morgan fingerprint density at radius 3 is 2.17 bits per heavy atom. The molecule has 4 nitrogen and oxygen atoms in total. The summed E-state index contributed by atoms with van der Waals surface area (Å²) in [5.74, 6) is 1.09. The maximum absolute atomic E-state index is 13.7. The second-order valence-electron chi connectivity index (χ2n) is 9.66. The van der Waals surface area contributed by atoms with Crippen molar-refractivity contribution < 1.29 is 39.0 Å². The third kappa shape index (κ3) is 6.50. The molecule has 0 radical (unpaired) electrons. The average Bonchev–Trinajstić information content (AvgIpc) is 2.87. The fourth-order valence-corrected chi connectivity index (χ4v) is 5.94. The molecule has 214 valence electrons. The van der Waals surface area contributed by atoms with Gasteiger partial charge in [0.1, 0.15) is 0 Å². The van der Waals surface area contributed by atoms with Crippen LogP contribution in [-0.4, -0.2) is 31.0 Å². The lowest BCUT2D eigenvalue weighted by Crippen LogP contribution is -2.48. The number of benzene rings is 3. The number of hydrogen-bond acceptors (Lipinski definition) is 5. The summed E-state index contributed by atoms with van der Waals surface area (Å²) in [7, 11) is -6.03. The second-order valence-corrected chi connectivity index (χ2v) is 12.3. The summed E-state index contributed by atoms with van der Waals surface area (Å²) in [5, 5.41) is 0.642. The Labute approximate surface area is 232 Å². The van der Waals surface area contributed by atoms with Gasteiger partial charge in [0.2, 0.25) is 0 Å². The molecule has 0 amide bonds. The van der Waals surface area contributed by atoms with E-state index in [0.29, 0.717) is 22.1 Å². The summed E-state index contributed by atoms with van der Waals surface area (Å²) in [6.45, 7) is 2.98. The van der Waals surface area contributed by atoms with Gasteiger partial charge in [0.15, 0.2) is 0 Å². The van der Waals surface area contributed by atoms with Gasteiger partial charge < -0.3 is 0 Å². The predicted molar refractivity (Wildman–Crippen MR) is 145 cm³/mol. The first-order valence-corrected chi connectivity index (χ1v) is 14.6. The van der Waals surface area contributed by atoms with Gasteiger partial charge in [0, 0.05) is 11.3 Å². The molecule has 1 aliphatic heterocycles. The lowest BCUT2D eigenvalue weighted by atomic mass is 9.88.